The van der Waals surface area contributed by atoms with Gasteiger partial charge in [-0.15, -0.1) is 11.3 Å². The zero-order chi connectivity index (χ0) is 42.2. The summed E-state index contributed by atoms with van der Waals surface area (Å²) < 4.78 is 8.21. The minimum absolute atomic E-state index is 0.508. The van der Waals surface area contributed by atoms with E-state index < -0.39 is 5.41 Å². The lowest BCUT2D eigenvalue weighted by molar-refractivity contribution is 0.447. The number of anilines is 3. The van der Waals surface area contributed by atoms with Crippen LogP contribution in [0.25, 0.3) is 65.4 Å². The molecule has 0 bridgehead atoms. The van der Waals surface area contributed by atoms with E-state index in [4.69, 9.17) is 4.74 Å². The SMILES string of the molecule is c1ccc(-c2ccc(N(c3cc(-c4ccccc4)cc(-c4cccc5ccccc45)c3)c3ccc4c5c(sc4c3)C3(c4ccccc4O5)c4ccccc4-c4ccccc43)cc2)cc1. The van der Waals surface area contributed by atoms with E-state index in [0.717, 1.165) is 39.5 Å². The summed E-state index contributed by atoms with van der Waals surface area (Å²) in [5, 5.41) is 3.57. The lowest BCUT2D eigenvalue weighted by atomic mass is 9.69. The van der Waals surface area contributed by atoms with Gasteiger partial charge in [0.15, 0.2) is 5.75 Å². The first kappa shape index (κ1) is 36.7. The van der Waals surface area contributed by atoms with Crippen molar-refractivity contribution in [1.82, 2.24) is 0 Å². The predicted molar refractivity (Wildman–Crippen MR) is 268 cm³/mol. The third-order valence-electron chi connectivity index (χ3n) is 13.3. The Morgan fingerprint density at radius 1 is 0.359 bits per heavy atom. The Morgan fingerprint density at radius 3 is 1.67 bits per heavy atom. The molecule has 1 aliphatic heterocycles. The monoisotopic (exact) mass is 833 g/mol. The van der Waals surface area contributed by atoms with E-state index in [1.54, 1.807) is 0 Å². The maximum absolute atomic E-state index is 7.03. The Balaban J connectivity index is 1.05. The molecule has 13 rings (SSSR count). The Hall–Kier alpha value is -7.98. The lowest BCUT2D eigenvalue weighted by Gasteiger charge is -2.37. The third kappa shape index (κ3) is 5.58. The zero-order valence-corrected chi connectivity index (χ0v) is 35.6. The molecule has 2 nitrogen and oxygen atoms in total. The topological polar surface area (TPSA) is 12.5 Å². The molecular weight excluding hydrogens is 795 g/mol. The fourth-order valence-electron chi connectivity index (χ4n) is 10.5. The second kappa shape index (κ2) is 14.6. The normalized spacial score (nSPS) is 12.9. The minimum Gasteiger partial charge on any atom is -0.455 e. The molecule has 0 amide bonds. The summed E-state index contributed by atoms with van der Waals surface area (Å²) in [5.74, 6) is 1.85. The number of benzene rings is 10. The number of rotatable bonds is 6. The van der Waals surface area contributed by atoms with Gasteiger partial charge in [-0.3, -0.25) is 0 Å². The first-order valence-electron chi connectivity index (χ1n) is 21.9. The largest absolute Gasteiger partial charge is 0.455 e. The van der Waals surface area contributed by atoms with Gasteiger partial charge in [-0.1, -0.05) is 182 Å². The highest BCUT2D eigenvalue weighted by Crippen LogP contribution is 2.65. The highest BCUT2D eigenvalue weighted by Gasteiger charge is 2.52. The highest BCUT2D eigenvalue weighted by molar-refractivity contribution is 7.19. The van der Waals surface area contributed by atoms with Crippen LogP contribution in [0.1, 0.15) is 21.6 Å². The first-order chi connectivity index (χ1) is 31.7. The van der Waals surface area contributed by atoms with Crippen molar-refractivity contribution in [2.45, 2.75) is 5.41 Å². The van der Waals surface area contributed by atoms with Crippen molar-refractivity contribution < 1.29 is 4.74 Å². The summed E-state index contributed by atoms with van der Waals surface area (Å²) in [6.07, 6.45) is 0. The molecule has 300 valence electrons. The van der Waals surface area contributed by atoms with Crippen LogP contribution >= 0.6 is 11.3 Å². The molecule has 0 unspecified atom stereocenters. The molecule has 1 aliphatic carbocycles. The molecule has 0 atom stereocenters. The number of thiophene rings is 1. The smallest absolute Gasteiger partial charge is 0.150 e. The van der Waals surface area contributed by atoms with Crippen LogP contribution in [0, 0.1) is 0 Å². The van der Waals surface area contributed by atoms with Gasteiger partial charge < -0.3 is 9.64 Å². The van der Waals surface area contributed by atoms with Crippen LogP contribution in [0.3, 0.4) is 0 Å². The van der Waals surface area contributed by atoms with Gasteiger partial charge in [0.1, 0.15) is 5.75 Å². The maximum Gasteiger partial charge on any atom is 0.150 e. The third-order valence-corrected chi connectivity index (χ3v) is 14.6. The van der Waals surface area contributed by atoms with Crippen molar-refractivity contribution in [2.75, 3.05) is 4.90 Å². The van der Waals surface area contributed by atoms with E-state index in [1.165, 1.54) is 76.0 Å². The van der Waals surface area contributed by atoms with Crippen molar-refractivity contribution >= 4 is 49.3 Å². The summed E-state index contributed by atoms with van der Waals surface area (Å²) in [7, 11) is 0. The first-order valence-corrected chi connectivity index (χ1v) is 22.7. The Morgan fingerprint density at radius 2 is 0.922 bits per heavy atom. The quantitative estimate of drug-likeness (QED) is 0.165. The van der Waals surface area contributed by atoms with Crippen LogP contribution in [-0.4, -0.2) is 0 Å². The molecule has 1 aromatic heterocycles. The molecule has 11 aromatic rings. The van der Waals surface area contributed by atoms with Crippen LogP contribution in [-0.2, 0) is 5.41 Å². The van der Waals surface area contributed by atoms with Crippen LogP contribution in [0.2, 0.25) is 0 Å². The van der Waals surface area contributed by atoms with Gasteiger partial charge in [0, 0.05) is 32.7 Å². The second-order valence-electron chi connectivity index (χ2n) is 16.8. The second-order valence-corrected chi connectivity index (χ2v) is 17.8. The van der Waals surface area contributed by atoms with Crippen molar-refractivity contribution in [3.8, 4) is 56.0 Å². The van der Waals surface area contributed by atoms with Crippen molar-refractivity contribution in [3.63, 3.8) is 0 Å². The highest BCUT2D eigenvalue weighted by atomic mass is 32.1. The fraction of sp³-hybridized carbons (Fsp3) is 0.0164. The van der Waals surface area contributed by atoms with Crippen LogP contribution < -0.4 is 9.64 Å². The molecule has 0 N–H and O–H groups in total. The molecular formula is C61H39NOS. The summed E-state index contributed by atoms with van der Waals surface area (Å²) in [4.78, 5) is 3.65. The van der Waals surface area contributed by atoms with Crippen molar-refractivity contribution in [2.24, 2.45) is 0 Å². The molecule has 2 heterocycles. The van der Waals surface area contributed by atoms with Gasteiger partial charge in [-0.25, -0.2) is 0 Å². The number of fused-ring (bicyclic) bond motifs is 12. The summed E-state index contributed by atoms with van der Waals surface area (Å²) in [6.45, 7) is 0. The van der Waals surface area contributed by atoms with Crippen LogP contribution in [0.5, 0.6) is 11.5 Å². The molecule has 0 saturated carbocycles. The Labute approximate surface area is 376 Å². The number of hydrogen-bond acceptors (Lipinski definition) is 3. The number of nitrogens with zero attached hydrogens (tertiary/aromatic N) is 1. The lowest BCUT2D eigenvalue weighted by Crippen LogP contribution is -2.30. The van der Waals surface area contributed by atoms with E-state index in [-0.39, 0.29) is 0 Å². The molecule has 2 aliphatic rings. The molecule has 0 saturated heterocycles. The van der Waals surface area contributed by atoms with Gasteiger partial charge in [0.05, 0.1) is 10.3 Å². The number of ether oxygens (including phenoxy) is 1. The zero-order valence-electron chi connectivity index (χ0n) is 34.8. The van der Waals surface area contributed by atoms with E-state index in [0.29, 0.717) is 0 Å². The summed E-state index contributed by atoms with van der Waals surface area (Å²) >= 11 is 1.86. The van der Waals surface area contributed by atoms with Crippen LogP contribution in [0.15, 0.2) is 237 Å². The summed E-state index contributed by atoms with van der Waals surface area (Å²) in [6, 6.07) is 86.3. The van der Waals surface area contributed by atoms with E-state index in [9.17, 15) is 0 Å². The molecule has 0 fully saturated rings. The molecule has 3 heteroatoms. The fourth-order valence-corrected chi connectivity index (χ4v) is 11.9. The van der Waals surface area contributed by atoms with E-state index in [2.05, 4.69) is 241 Å². The molecule has 64 heavy (non-hydrogen) atoms. The average Bonchev–Trinajstić information content (AvgIpc) is 3.88. The van der Waals surface area contributed by atoms with E-state index >= 15 is 0 Å². The summed E-state index contributed by atoms with van der Waals surface area (Å²) in [5.41, 5.74) is 16.2. The van der Waals surface area contributed by atoms with Crippen molar-refractivity contribution in [3.05, 3.63) is 258 Å². The van der Waals surface area contributed by atoms with Gasteiger partial charge in [-0.05, 0) is 121 Å². The maximum atomic E-state index is 7.03. The molecule has 0 radical (unpaired) electrons. The Kier molecular flexibility index (Phi) is 8.34. The standard InChI is InChI=1S/C61H39NOS/c1-3-16-40(17-4-1)42-30-32-46(33-31-42)62(48-37-44(41-18-5-2-6-19-41)36-45(38-48)50-25-15-21-43-20-7-8-22-49(43)50)47-34-35-53-58(39-47)64-60-59(53)63-57-29-14-13-28-56(57)61(60)54-26-11-9-23-51(54)52-24-10-12-27-55(52)61/h1-39H. The number of hydrogen-bond donors (Lipinski definition) is 0. The van der Waals surface area contributed by atoms with Gasteiger partial charge in [0.2, 0.25) is 0 Å². The molecule has 1 spiro atoms. The van der Waals surface area contributed by atoms with Crippen molar-refractivity contribution in [1.29, 1.82) is 0 Å². The minimum atomic E-state index is -0.508. The van der Waals surface area contributed by atoms with E-state index in [1.807, 2.05) is 11.3 Å². The number of para-hydroxylation sites is 1. The average molecular weight is 834 g/mol. The molecule has 10 aromatic carbocycles. The Bertz CT molecular complexity index is 3540. The van der Waals surface area contributed by atoms with Gasteiger partial charge >= 0.3 is 0 Å². The predicted octanol–water partition coefficient (Wildman–Crippen LogP) is 17.0. The van der Waals surface area contributed by atoms with Gasteiger partial charge in [-0.2, -0.15) is 0 Å². The van der Waals surface area contributed by atoms with Gasteiger partial charge in [0.25, 0.3) is 0 Å². The van der Waals surface area contributed by atoms with Crippen LogP contribution in [0.4, 0.5) is 17.1 Å².